The van der Waals surface area contributed by atoms with Gasteiger partial charge >= 0.3 is 0 Å². The van der Waals surface area contributed by atoms with Crippen LogP contribution in [0, 0.1) is 11.3 Å². The number of nitrogens with one attached hydrogen (secondary N) is 1. The molecule has 3 aromatic carbocycles. The second-order valence-corrected chi connectivity index (χ2v) is 9.14. The van der Waals surface area contributed by atoms with Crippen molar-refractivity contribution in [3.05, 3.63) is 83.4 Å². The molecule has 0 bridgehead atoms. The van der Waals surface area contributed by atoms with Crippen molar-refractivity contribution < 1.29 is 18.9 Å². The fourth-order valence-electron chi connectivity index (χ4n) is 4.59. The van der Waals surface area contributed by atoms with Gasteiger partial charge in [-0.15, -0.1) is 0 Å². The smallest absolute Gasteiger partial charge is 0.122 e. The van der Waals surface area contributed by atoms with Gasteiger partial charge in [-0.1, -0.05) is 30.3 Å². The van der Waals surface area contributed by atoms with Crippen LogP contribution in [0.5, 0.6) is 23.0 Å². The third kappa shape index (κ3) is 7.90. The van der Waals surface area contributed by atoms with Crippen LogP contribution in [0.25, 0.3) is 0 Å². The molecule has 1 N–H and O–H groups in total. The van der Waals surface area contributed by atoms with Crippen LogP contribution in [0.15, 0.2) is 66.7 Å². The highest BCUT2D eigenvalue weighted by molar-refractivity contribution is 5.46. The van der Waals surface area contributed by atoms with Gasteiger partial charge in [0.05, 0.1) is 39.9 Å². The Morgan fingerprint density at radius 2 is 1.24 bits per heavy atom. The SMILES string of the molecule is COc1cc(CCCNCCCC(C#N)(Cc2ccccc2)c2cc(OC)cc(OC)c2)cc(OC)c1. The van der Waals surface area contributed by atoms with Crippen molar-refractivity contribution in [3.8, 4) is 29.1 Å². The molecule has 1 unspecified atom stereocenters. The zero-order valence-electron chi connectivity index (χ0n) is 22.4. The number of hydrogen-bond donors (Lipinski definition) is 1. The van der Waals surface area contributed by atoms with Gasteiger partial charge in [0, 0.05) is 12.1 Å². The molecule has 37 heavy (non-hydrogen) atoms. The third-order valence-corrected chi connectivity index (χ3v) is 6.65. The van der Waals surface area contributed by atoms with Crippen molar-refractivity contribution in [1.82, 2.24) is 5.32 Å². The monoisotopic (exact) mass is 502 g/mol. The first-order valence-corrected chi connectivity index (χ1v) is 12.7. The van der Waals surface area contributed by atoms with Crippen molar-refractivity contribution in [2.45, 2.75) is 37.5 Å². The topological polar surface area (TPSA) is 72.7 Å². The Hall–Kier alpha value is -3.69. The van der Waals surface area contributed by atoms with Crippen molar-refractivity contribution >= 4 is 0 Å². The number of hydrogen-bond acceptors (Lipinski definition) is 6. The lowest BCUT2D eigenvalue weighted by molar-refractivity contribution is 0.388. The molecule has 0 radical (unpaired) electrons. The van der Waals surface area contributed by atoms with Gasteiger partial charge in [0.2, 0.25) is 0 Å². The van der Waals surface area contributed by atoms with E-state index in [2.05, 4.69) is 35.7 Å². The molecule has 6 heteroatoms. The number of nitrogens with zero attached hydrogens (tertiary/aromatic N) is 1. The summed E-state index contributed by atoms with van der Waals surface area (Å²) in [5.41, 5.74) is 2.55. The maximum absolute atomic E-state index is 10.5. The van der Waals surface area contributed by atoms with Gasteiger partial charge < -0.3 is 24.3 Å². The second kappa shape index (κ2) is 14.2. The van der Waals surface area contributed by atoms with Crippen molar-refractivity contribution in [3.63, 3.8) is 0 Å². The lowest BCUT2D eigenvalue weighted by Gasteiger charge is -2.28. The Kier molecular flexibility index (Phi) is 10.7. The van der Waals surface area contributed by atoms with Crippen LogP contribution in [0.3, 0.4) is 0 Å². The summed E-state index contributed by atoms with van der Waals surface area (Å²) in [6.45, 7) is 1.73. The van der Waals surface area contributed by atoms with E-state index in [0.29, 0.717) is 17.9 Å². The number of ether oxygens (including phenoxy) is 4. The van der Waals surface area contributed by atoms with Crippen LogP contribution < -0.4 is 24.3 Å². The van der Waals surface area contributed by atoms with Gasteiger partial charge in [-0.25, -0.2) is 0 Å². The molecule has 6 nitrogen and oxygen atoms in total. The minimum absolute atomic E-state index is 0.623. The lowest BCUT2D eigenvalue weighted by Crippen LogP contribution is -2.29. The molecule has 3 rings (SSSR count). The highest BCUT2D eigenvalue weighted by Gasteiger charge is 2.33. The van der Waals surface area contributed by atoms with E-state index in [9.17, 15) is 5.26 Å². The summed E-state index contributed by atoms with van der Waals surface area (Å²) in [5, 5.41) is 14.0. The number of benzene rings is 3. The molecule has 1 atom stereocenters. The van der Waals surface area contributed by atoms with Crippen LogP contribution in [-0.4, -0.2) is 41.5 Å². The summed E-state index contributed by atoms with van der Waals surface area (Å²) in [7, 11) is 6.60. The highest BCUT2D eigenvalue weighted by Crippen LogP contribution is 2.37. The maximum atomic E-state index is 10.5. The van der Waals surface area contributed by atoms with E-state index in [4.69, 9.17) is 18.9 Å². The number of nitriles is 1. The van der Waals surface area contributed by atoms with Crippen molar-refractivity contribution in [2.24, 2.45) is 0 Å². The standard InChI is InChI=1S/C31H38N2O4/c1-34-27-16-25(17-28(20-27)35-2)12-8-14-33-15-9-13-31(23-32,22-24-10-6-5-7-11-24)26-18-29(36-3)21-30(19-26)37-4/h5-7,10-11,16-21,33H,8-9,12-15,22H2,1-4H3. The first-order valence-electron chi connectivity index (χ1n) is 12.7. The molecule has 0 aliphatic rings. The first-order chi connectivity index (χ1) is 18.0. The lowest BCUT2D eigenvalue weighted by atomic mass is 9.73. The molecule has 0 aliphatic carbocycles. The van der Waals surface area contributed by atoms with Crippen LogP contribution in [0.2, 0.25) is 0 Å². The van der Waals surface area contributed by atoms with E-state index in [1.807, 2.05) is 42.5 Å². The number of rotatable bonds is 15. The van der Waals surface area contributed by atoms with Gasteiger partial charge in [0.25, 0.3) is 0 Å². The Morgan fingerprint density at radius 1 is 0.703 bits per heavy atom. The van der Waals surface area contributed by atoms with Crippen molar-refractivity contribution in [2.75, 3.05) is 41.5 Å². The molecule has 3 aromatic rings. The molecule has 196 valence electrons. The zero-order chi connectivity index (χ0) is 26.5. The molecule has 0 aliphatic heterocycles. The van der Waals surface area contributed by atoms with Crippen molar-refractivity contribution in [1.29, 1.82) is 5.26 Å². The van der Waals surface area contributed by atoms with Gasteiger partial charge in [-0.05, 0) is 86.1 Å². The summed E-state index contributed by atoms with van der Waals surface area (Å²) in [5.74, 6) is 2.99. The normalized spacial score (nSPS) is 12.3. The van der Waals surface area contributed by atoms with E-state index < -0.39 is 5.41 Å². The fraction of sp³-hybridized carbons (Fsp3) is 0.387. The number of methoxy groups -OCH3 is 4. The summed E-state index contributed by atoms with van der Waals surface area (Å²) in [6, 6.07) is 24.6. The molecule has 0 aromatic heterocycles. The number of aryl methyl sites for hydroxylation is 1. The second-order valence-electron chi connectivity index (χ2n) is 9.14. The Balaban J connectivity index is 1.63. The molecule has 0 amide bonds. The van der Waals surface area contributed by atoms with Crippen LogP contribution in [-0.2, 0) is 18.3 Å². The molecular weight excluding hydrogens is 464 g/mol. The Labute approximate surface area is 221 Å². The average molecular weight is 503 g/mol. The fourth-order valence-corrected chi connectivity index (χ4v) is 4.59. The predicted octanol–water partition coefficient (Wildman–Crippen LogP) is 5.73. The van der Waals surface area contributed by atoms with Crippen LogP contribution in [0.1, 0.15) is 36.0 Å². The van der Waals surface area contributed by atoms with E-state index >= 15 is 0 Å². The van der Waals surface area contributed by atoms with E-state index in [1.54, 1.807) is 28.4 Å². The Morgan fingerprint density at radius 3 is 1.78 bits per heavy atom. The van der Waals surface area contributed by atoms with E-state index in [0.717, 1.165) is 61.4 Å². The largest absolute Gasteiger partial charge is 0.497 e. The molecule has 0 heterocycles. The zero-order valence-corrected chi connectivity index (χ0v) is 22.4. The first kappa shape index (κ1) is 27.9. The average Bonchev–Trinajstić information content (AvgIpc) is 2.95. The molecular formula is C31H38N2O4. The van der Waals surface area contributed by atoms with Crippen LogP contribution in [0.4, 0.5) is 0 Å². The summed E-state index contributed by atoms with van der Waals surface area (Å²) >= 11 is 0. The quantitative estimate of drug-likeness (QED) is 0.268. The summed E-state index contributed by atoms with van der Waals surface area (Å²) < 4.78 is 21.7. The minimum Gasteiger partial charge on any atom is -0.497 e. The molecule has 0 saturated carbocycles. The van der Waals surface area contributed by atoms with Crippen LogP contribution >= 0.6 is 0 Å². The van der Waals surface area contributed by atoms with Gasteiger partial charge in [0.15, 0.2) is 0 Å². The minimum atomic E-state index is -0.692. The summed E-state index contributed by atoms with van der Waals surface area (Å²) in [6.07, 6.45) is 4.14. The maximum Gasteiger partial charge on any atom is 0.122 e. The van der Waals surface area contributed by atoms with Gasteiger partial charge in [0.1, 0.15) is 23.0 Å². The summed E-state index contributed by atoms with van der Waals surface area (Å²) in [4.78, 5) is 0. The molecule has 0 fully saturated rings. The highest BCUT2D eigenvalue weighted by atomic mass is 16.5. The van der Waals surface area contributed by atoms with E-state index in [1.165, 1.54) is 5.56 Å². The van der Waals surface area contributed by atoms with E-state index in [-0.39, 0.29) is 0 Å². The molecule has 0 spiro atoms. The van der Waals surface area contributed by atoms with Gasteiger partial charge in [-0.2, -0.15) is 5.26 Å². The van der Waals surface area contributed by atoms with Gasteiger partial charge in [-0.3, -0.25) is 0 Å². The Bertz CT molecular complexity index is 1120. The molecule has 0 saturated heterocycles. The predicted molar refractivity (Wildman–Crippen MR) is 147 cm³/mol. The third-order valence-electron chi connectivity index (χ3n) is 6.65.